The third-order valence-electron chi connectivity index (χ3n) is 5.22. The van der Waals surface area contributed by atoms with Crippen molar-refractivity contribution in [2.45, 2.75) is 47.0 Å². The molecule has 1 amide bonds. The number of carbonyl (C=O) groups excluding carboxylic acids is 1. The average molecular weight is 521 g/mol. The van der Waals surface area contributed by atoms with Gasteiger partial charge in [0.15, 0.2) is 11.5 Å². The molecule has 0 saturated carbocycles. The molecular weight excluding hydrogens is 488 g/mol. The van der Waals surface area contributed by atoms with Crippen LogP contribution in [0.4, 0.5) is 5.13 Å². The summed E-state index contributed by atoms with van der Waals surface area (Å²) in [6.07, 6.45) is 4.18. The maximum atomic E-state index is 12.6. The summed E-state index contributed by atoms with van der Waals surface area (Å²) in [6, 6.07) is 13.4. The van der Waals surface area contributed by atoms with E-state index in [9.17, 15) is 10.1 Å². The lowest BCUT2D eigenvalue weighted by atomic mass is 10.1. The third-order valence-corrected chi connectivity index (χ3v) is 6.12. The van der Waals surface area contributed by atoms with Crippen LogP contribution < -0.4 is 19.5 Å². The van der Waals surface area contributed by atoms with Gasteiger partial charge in [-0.15, -0.1) is 10.2 Å². The first-order valence-electron chi connectivity index (χ1n) is 12.3. The quantitative estimate of drug-likeness (QED) is 0.173. The highest BCUT2D eigenvalue weighted by atomic mass is 32.1. The number of amides is 1. The summed E-state index contributed by atoms with van der Waals surface area (Å²) >= 11 is 1.30. The highest BCUT2D eigenvalue weighted by Crippen LogP contribution is 2.30. The van der Waals surface area contributed by atoms with Crippen molar-refractivity contribution >= 4 is 28.5 Å². The first-order chi connectivity index (χ1) is 17.9. The van der Waals surface area contributed by atoms with Crippen molar-refractivity contribution in [3.8, 4) is 23.3 Å². The lowest BCUT2D eigenvalue weighted by Gasteiger charge is -2.14. The fourth-order valence-electron chi connectivity index (χ4n) is 3.52. The second kappa shape index (κ2) is 14.0. The van der Waals surface area contributed by atoms with E-state index in [1.54, 1.807) is 18.2 Å². The molecule has 1 aromatic heterocycles. The van der Waals surface area contributed by atoms with E-state index in [4.69, 9.17) is 14.2 Å². The Balaban J connectivity index is 1.64. The summed E-state index contributed by atoms with van der Waals surface area (Å²) in [5.74, 6) is 1.36. The third kappa shape index (κ3) is 8.33. The molecule has 0 atom stereocenters. The van der Waals surface area contributed by atoms with E-state index in [1.807, 2.05) is 39.0 Å². The van der Waals surface area contributed by atoms with Crippen LogP contribution in [0.25, 0.3) is 6.08 Å². The first kappa shape index (κ1) is 27.7. The molecule has 2 aromatic carbocycles. The van der Waals surface area contributed by atoms with Crippen molar-refractivity contribution in [3.63, 3.8) is 0 Å². The van der Waals surface area contributed by atoms with Crippen molar-refractivity contribution in [1.29, 1.82) is 5.26 Å². The summed E-state index contributed by atoms with van der Waals surface area (Å²) in [4.78, 5) is 12.6. The minimum atomic E-state index is -0.542. The van der Waals surface area contributed by atoms with Gasteiger partial charge in [0.05, 0.1) is 6.61 Å². The van der Waals surface area contributed by atoms with Crippen molar-refractivity contribution in [3.05, 3.63) is 63.7 Å². The number of carbonyl (C=O) groups is 1. The molecule has 8 nitrogen and oxygen atoms in total. The van der Waals surface area contributed by atoms with E-state index < -0.39 is 5.91 Å². The van der Waals surface area contributed by atoms with Gasteiger partial charge in [0.2, 0.25) is 5.13 Å². The fraction of sp³-hybridized carbons (Fsp3) is 0.357. The summed E-state index contributed by atoms with van der Waals surface area (Å²) in [7, 11) is 0. The molecule has 0 aliphatic carbocycles. The molecule has 0 aliphatic heterocycles. The molecule has 0 saturated heterocycles. The van der Waals surface area contributed by atoms with Crippen molar-refractivity contribution in [1.82, 2.24) is 10.2 Å². The standard InChI is InChI=1S/C28H32N4O4S/c1-5-8-26-31-32-28(37-26)30-27(33)22(18-29)15-21-9-10-24(25(17-21)34-7-3)36-12-11-35-23-14-19(4)13-20(6-2)16-23/h9-10,13-17H,5-8,11-12H2,1-4H3,(H,30,32,33)/b22-15-. The van der Waals surface area contributed by atoms with Crippen LogP contribution in [0.1, 0.15) is 48.9 Å². The minimum Gasteiger partial charge on any atom is -0.490 e. The molecule has 0 fully saturated rings. The Hall–Kier alpha value is -3.90. The average Bonchev–Trinajstić information content (AvgIpc) is 3.32. The Kier molecular flexibility index (Phi) is 10.5. The molecule has 0 spiro atoms. The Morgan fingerprint density at radius 2 is 1.86 bits per heavy atom. The number of nitriles is 1. The van der Waals surface area contributed by atoms with Crippen molar-refractivity contribution < 1.29 is 19.0 Å². The number of benzene rings is 2. The summed E-state index contributed by atoms with van der Waals surface area (Å²) in [5, 5.41) is 21.4. The van der Waals surface area contributed by atoms with Crippen molar-refractivity contribution in [2.75, 3.05) is 25.1 Å². The Labute approximate surface area is 221 Å². The number of aromatic nitrogens is 2. The molecule has 1 N–H and O–H groups in total. The maximum absolute atomic E-state index is 12.6. The molecule has 194 valence electrons. The number of nitrogens with zero attached hydrogens (tertiary/aromatic N) is 3. The number of hydrogen-bond acceptors (Lipinski definition) is 8. The van der Waals surface area contributed by atoms with Gasteiger partial charge in [-0.3, -0.25) is 10.1 Å². The number of hydrogen-bond donors (Lipinski definition) is 1. The van der Waals surface area contributed by atoms with Crippen LogP contribution in [0.5, 0.6) is 17.2 Å². The van der Waals surface area contributed by atoms with Crippen LogP contribution >= 0.6 is 11.3 Å². The summed E-state index contributed by atoms with van der Waals surface area (Å²) in [6.45, 7) is 9.23. The second-order valence-electron chi connectivity index (χ2n) is 8.22. The molecule has 0 bridgehead atoms. The van der Waals surface area contributed by atoms with E-state index in [1.165, 1.54) is 23.0 Å². The van der Waals surface area contributed by atoms with E-state index in [-0.39, 0.29) is 5.57 Å². The zero-order valence-electron chi connectivity index (χ0n) is 21.7. The van der Waals surface area contributed by atoms with Gasteiger partial charge in [0.1, 0.15) is 35.6 Å². The summed E-state index contributed by atoms with van der Waals surface area (Å²) in [5.41, 5.74) is 2.97. The predicted molar refractivity (Wildman–Crippen MR) is 145 cm³/mol. The SMILES string of the molecule is CCCc1nnc(NC(=O)/C(C#N)=C\c2ccc(OCCOc3cc(C)cc(CC)c3)c(OCC)c2)s1. The lowest BCUT2D eigenvalue weighted by molar-refractivity contribution is -0.112. The highest BCUT2D eigenvalue weighted by Gasteiger charge is 2.14. The van der Waals surface area contributed by atoms with E-state index in [2.05, 4.69) is 28.5 Å². The van der Waals surface area contributed by atoms with Gasteiger partial charge in [-0.05, 0) is 73.7 Å². The Morgan fingerprint density at radius 1 is 1.05 bits per heavy atom. The van der Waals surface area contributed by atoms with E-state index in [0.29, 0.717) is 42.0 Å². The predicted octanol–water partition coefficient (Wildman–Crippen LogP) is 5.76. The topological polar surface area (TPSA) is 106 Å². The number of aryl methyl sites for hydroxylation is 3. The Morgan fingerprint density at radius 3 is 2.59 bits per heavy atom. The van der Waals surface area contributed by atoms with E-state index in [0.717, 1.165) is 35.6 Å². The van der Waals surface area contributed by atoms with Crippen LogP contribution in [0.3, 0.4) is 0 Å². The molecule has 3 rings (SSSR count). The highest BCUT2D eigenvalue weighted by molar-refractivity contribution is 7.15. The van der Waals surface area contributed by atoms with Crippen LogP contribution in [-0.4, -0.2) is 35.9 Å². The summed E-state index contributed by atoms with van der Waals surface area (Å²) < 4.78 is 17.5. The zero-order valence-corrected chi connectivity index (χ0v) is 22.5. The van der Waals surface area contributed by atoms with Crippen LogP contribution in [0, 0.1) is 18.3 Å². The Bertz CT molecular complexity index is 1280. The number of anilines is 1. The van der Waals surface area contributed by atoms with Gasteiger partial charge < -0.3 is 14.2 Å². The smallest absolute Gasteiger partial charge is 0.268 e. The molecule has 0 unspecified atom stereocenters. The minimum absolute atomic E-state index is 0.0543. The van der Waals surface area contributed by atoms with Gasteiger partial charge in [0.25, 0.3) is 5.91 Å². The molecular formula is C28H32N4O4S. The maximum Gasteiger partial charge on any atom is 0.268 e. The van der Waals surface area contributed by atoms with Gasteiger partial charge in [-0.1, -0.05) is 37.3 Å². The molecule has 0 radical (unpaired) electrons. The fourth-order valence-corrected chi connectivity index (χ4v) is 4.36. The molecule has 9 heteroatoms. The molecule has 0 aliphatic rings. The van der Waals surface area contributed by atoms with Gasteiger partial charge in [0, 0.05) is 6.42 Å². The van der Waals surface area contributed by atoms with Crippen LogP contribution in [0.15, 0.2) is 42.0 Å². The van der Waals surface area contributed by atoms with Crippen molar-refractivity contribution in [2.24, 2.45) is 0 Å². The number of rotatable bonds is 13. The second-order valence-corrected chi connectivity index (χ2v) is 9.28. The monoisotopic (exact) mass is 520 g/mol. The lowest BCUT2D eigenvalue weighted by Crippen LogP contribution is -2.13. The number of nitrogens with one attached hydrogen (secondary N) is 1. The van der Waals surface area contributed by atoms with Gasteiger partial charge >= 0.3 is 0 Å². The largest absolute Gasteiger partial charge is 0.490 e. The van der Waals surface area contributed by atoms with Gasteiger partial charge in [-0.2, -0.15) is 5.26 Å². The van der Waals surface area contributed by atoms with Gasteiger partial charge in [-0.25, -0.2) is 0 Å². The molecule has 1 heterocycles. The van der Waals surface area contributed by atoms with Crippen LogP contribution in [-0.2, 0) is 17.6 Å². The number of ether oxygens (including phenoxy) is 3. The molecule has 37 heavy (non-hydrogen) atoms. The molecule has 3 aromatic rings. The van der Waals surface area contributed by atoms with Crippen LogP contribution in [0.2, 0.25) is 0 Å². The normalized spacial score (nSPS) is 11.1. The zero-order chi connectivity index (χ0) is 26.6. The van der Waals surface area contributed by atoms with E-state index >= 15 is 0 Å². The first-order valence-corrected chi connectivity index (χ1v) is 13.2.